The zero-order chi connectivity index (χ0) is 12.4. The van der Waals surface area contributed by atoms with Gasteiger partial charge in [0, 0.05) is 12.1 Å². The number of benzene rings is 1. The Labute approximate surface area is 104 Å². The second kappa shape index (κ2) is 5.09. The molecule has 2 atom stereocenters. The lowest BCUT2D eigenvalue weighted by molar-refractivity contribution is 0.344. The first-order valence-electron chi connectivity index (χ1n) is 6.70. The highest BCUT2D eigenvalue weighted by Crippen LogP contribution is 2.36. The van der Waals surface area contributed by atoms with Crippen molar-refractivity contribution < 1.29 is 5.11 Å². The molecule has 0 spiro atoms. The van der Waals surface area contributed by atoms with Crippen LogP contribution in [0.1, 0.15) is 50.8 Å². The molecule has 0 saturated heterocycles. The standard InChI is InChI=1S/C15H23NO/c1-4-13(10(2)3)16-14-9-8-12-11(14)6-5-7-15(12)17/h5-7,10,13-14,16-17H,4,8-9H2,1-3H3. The van der Waals surface area contributed by atoms with Crippen LogP contribution in [0.3, 0.4) is 0 Å². The molecule has 1 aromatic rings. The van der Waals surface area contributed by atoms with Crippen LogP contribution in [0, 0.1) is 5.92 Å². The van der Waals surface area contributed by atoms with Gasteiger partial charge in [-0.3, -0.25) is 0 Å². The molecule has 0 saturated carbocycles. The van der Waals surface area contributed by atoms with Crippen LogP contribution in [0.4, 0.5) is 0 Å². The first-order valence-corrected chi connectivity index (χ1v) is 6.70. The van der Waals surface area contributed by atoms with Crippen LogP contribution in [0.5, 0.6) is 5.75 Å². The Hall–Kier alpha value is -1.02. The second-order valence-corrected chi connectivity index (χ2v) is 5.36. The Balaban J connectivity index is 2.14. The molecule has 0 bridgehead atoms. The monoisotopic (exact) mass is 233 g/mol. The van der Waals surface area contributed by atoms with E-state index in [4.69, 9.17) is 0 Å². The molecule has 1 aromatic carbocycles. The smallest absolute Gasteiger partial charge is 0.119 e. The SMILES string of the molecule is CCC(NC1CCc2c(O)cccc21)C(C)C. The van der Waals surface area contributed by atoms with Crippen molar-refractivity contribution in [3.8, 4) is 5.75 Å². The molecule has 2 unspecified atom stereocenters. The third-order valence-electron chi connectivity index (χ3n) is 3.91. The summed E-state index contributed by atoms with van der Waals surface area (Å²) in [5, 5.41) is 13.6. The van der Waals surface area contributed by atoms with Gasteiger partial charge in [0.25, 0.3) is 0 Å². The van der Waals surface area contributed by atoms with Crippen LogP contribution < -0.4 is 5.32 Å². The van der Waals surface area contributed by atoms with Gasteiger partial charge in [-0.25, -0.2) is 0 Å². The van der Waals surface area contributed by atoms with Gasteiger partial charge < -0.3 is 10.4 Å². The summed E-state index contributed by atoms with van der Waals surface area (Å²) in [5.74, 6) is 1.12. The number of phenols is 1. The van der Waals surface area contributed by atoms with Crippen LogP contribution in [0.15, 0.2) is 18.2 Å². The average Bonchev–Trinajstić information content (AvgIpc) is 2.70. The zero-order valence-corrected chi connectivity index (χ0v) is 11.0. The van der Waals surface area contributed by atoms with E-state index in [2.05, 4.69) is 32.2 Å². The highest BCUT2D eigenvalue weighted by atomic mass is 16.3. The number of aromatic hydroxyl groups is 1. The number of fused-ring (bicyclic) bond motifs is 1. The van der Waals surface area contributed by atoms with Crippen molar-refractivity contribution in [2.45, 2.75) is 52.1 Å². The molecule has 94 valence electrons. The van der Waals surface area contributed by atoms with Crippen molar-refractivity contribution in [1.82, 2.24) is 5.32 Å². The predicted octanol–water partition coefficient (Wildman–Crippen LogP) is 3.40. The number of phenolic OH excluding ortho intramolecular Hbond substituents is 1. The van der Waals surface area contributed by atoms with E-state index >= 15 is 0 Å². The number of hydrogen-bond acceptors (Lipinski definition) is 2. The fraction of sp³-hybridized carbons (Fsp3) is 0.600. The van der Waals surface area contributed by atoms with E-state index in [0.29, 0.717) is 23.8 Å². The Morgan fingerprint density at radius 3 is 2.82 bits per heavy atom. The van der Waals surface area contributed by atoms with Gasteiger partial charge in [-0.05, 0) is 42.4 Å². The van der Waals surface area contributed by atoms with Crippen LogP contribution in [-0.2, 0) is 6.42 Å². The molecule has 2 rings (SSSR count). The normalized spacial score (nSPS) is 20.6. The predicted molar refractivity (Wildman–Crippen MR) is 71.2 cm³/mol. The summed E-state index contributed by atoms with van der Waals surface area (Å²) in [5.41, 5.74) is 2.44. The fourth-order valence-corrected chi connectivity index (χ4v) is 2.85. The minimum absolute atomic E-state index is 0.421. The van der Waals surface area contributed by atoms with E-state index in [1.807, 2.05) is 6.07 Å². The molecule has 1 aliphatic carbocycles. The molecular weight excluding hydrogens is 210 g/mol. The van der Waals surface area contributed by atoms with E-state index in [9.17, 15) is 5.11 Å². The number of hydrogen-bond donors (Lipinski definition) is 2. The minimum atomic E-state index is 0.421. The second-order valence-electron chi connectivity index (χ2n) is 5.36. The van der Waals surface area contributed by atoms with Gasteiger partial charge in [0.2, 0.25) is 0 Å². The number of rotatable bonds is 4. The van der Waals surface area contributed by atoms with Gasteiger partial charge in [0.05, 0.1) is 0 Å². The van der Waals surface area contributed by atoms with Gasteiger partial charge in [-0.1, -0.05) is 32.9 Å². The lowest BCUT2D eigenvalue weighted by Crippen LogP contribution is -2.35. The minimum Gasteiger partial charge on any atom is -0.508 e. The zero-order valence-electron chi connectivity index (χ0n) is 11.0. The molecule has 17 heavy (non-hydrogen) atoms. The van der Waals surface area contributed by atoms with Gasteiger partial charge >= 0.3 is 0 Å². The van der Waals surface area contributed by atoms with Crippen molar-refractivity contribution in [2.75, 3.05) is 0 Å². The van der Waals surface area contributed by atoms with Crippen molar-refractivity contribution in [3.05, 3.63) is 29.3 Å². The van der Waals surface area contributed by atoms with Crippen molar-refractivity contribution in [1.29, 1.82) is 0 Å². The summed E-state index contributed by atoms with van der Waals surface area (Å²) >= 11 is 0. The Morgan fingerprint density at radius 2 is 2.18 bits per heavy atom. The molecule has 2 N–H and O–H groups in total. The molecule has 2 nitrogen and oxygen atoms in total. The molecule has 0 aromatic heterocycles. The summed E-state index contributed by atoms with van der Waals surface area (Å²) in [6.07, 6.45) is 3.26. The largest absolute Gasteiger partial charge is 0.508 e. The Morgan fingerprint density at radius 1 is 1.41 bits per heavy atom. The highest BCUT2D eigenvalue weighted by molar-refractivity contribution is 5.44. The summed E-state index contributed by atoms with van der Waals surface area (Å²) in [6, 6.07) is 6.87. The maximum absolute atomic E-state index is 9.82. The van der Waals surface area contributed by atoms with Crippen LogP contribution in [0.2, 0.25) is 0 Å². The van der Waals surface area contributed by atoms with Crippen LogP contribution in [0.25, 0.3) is 0 Å². The molecular formula is C15H23NO. The summed E-state index contributed by atoms with van der Waals surface area (Å²) < 4.78 is 0. The molecule has 2 heteroatoms. The lowest BCUT2D eigenvalue weighted by Gasteiger charge is -2.25. The van der Waals surface area contributed by atoms with Gasteiger partial charge in [0.15, 0.2) is 0 Å². The van der Waals surface area contributed by atoms with E-state index in [-0.39, 0.29) is 0 Å². The van der Waals surface area contributed by atoms with Crippen LogP contribution >= 0.6 is 0 Å². The summed E-state index contributed by atoms with van der Waals surface area (Å²) in [4.78, 5) is 0. The number of nitrogens with one attached hydrogen (secondary N) is 1. The van der Waals surface area contributed by atoms with E-state index < -0.39 is 0 Å². The summed E-state index contributed by atoms with van der Waals surface area (Å²) in [7, 11) is 0. The Bertz CT molecular complexity index is 387. The molecule has 0 fully saturated rings. The Kier molecular flexibility index (Phi) is 3.72. The molecule has 0 aliphatic heterocycles. The first kappa shape index (κ1) is 12.4. The quantitative estimate of drug-likeness (QED) is 0.835. The van der Waals surface area contributed by atoms with Crippen molar-refractivity contribution in [2.24, 2.45) is 5.92 Å². The lowest BCUT2D eigenvalue weighted by atomic mass is 9.99. The van der Waals surface area contributed by atoms with E-state index in [1.165, 1.54) is 5.56 Å². The maximum atomic E-state index is 9.82. The summed E-state index contributed by atoms with van der Waals surface area (Å²) in [6.45, 7) is 6.76. The molecule has 1 aliphatic rings. The average molecular weight is 233 g/mol. The van der Waals surface area contributed by atoms with Gasteiger partial charge in [0.1, 0.15) is 5.75 Å². The maximum Gasteiger partial charge on any atom is 0.119 e. The highest BCUT2D eigenvalue weighted by Gasteiger charge is 2.26. The third-order valence-corrected chi connectivity index (χ3v) is 3.91. The fourth-order valence-electron chi connectivity index (χ4n) is 2.85. The third kappa shape index (κ3) is 2.47. The van der Waals surface area contributed by atoms with Gasteiger partial charge in [-0.15, -0.1) is 0 Å². The van der Waals surface area contributed by atoms with Crippen molar-refractivity contribution in [3.63, 3.8) is 0 Å². The first-order chi connectivity index (χ1) is 8.13. The van der Waals surface area contributed by atoms with E-state index in [1.54, 1.807) is 6.07 Å². The van der Waals surface area contributed by atoms with Gasteiger partial charge in [-0.2, -0.15) is 0 Å². The van der Waals surface area contributed by atoms with E-state index in [0.717, 1.165) is 24.8 Å². The molecule has 0 amide bonds. The topological polar surface area (TPSA) is 32.3 Å². The van der Waals surface area contributed by atoms with Crippen molar-refractivity contribution >= 4 is 0 Å². The molecule has 0 heterocycles. The molecule has 0 radical (unpaired) electrons. The van der Waals surface area contributed by atoms with Crippen LogP contribution in [-0.4, -0.2) is 11.1 Å².